The van der Waals surface area contributed by atoms with Crippen molar-refractivity contribution in [1.29, 1.82) is 0 Å². The topological polar surface area (TPSA) is 38.8 Å². The van der Waals surface area contributed by atoms with Crippen LogP contribution >= 0.6 is 0 Å². The van der Waals surface area contributed by atoms with Gasteiger partial charge in [-0.05, 0) is 17.5 Å². The number of benzene rings is 1. The molecule has 4 nitrogen and oxygen atoms in total. The average Bonchev–Trinajstić information content (AvgIpc) is 2.48. The van der Waals surface area contributed by atoms with E-state index < -0.39 is 0 Å². The van der Waals surface area contributed by atoms with Crippen LogP contribution in [0.4, 0.5) is 0 Å². The molecule has 1 aromatic rings. The molecule has 1 aliphatic rings. The Bertz CT molecular complexity index is 465. The molecule has 1 fully saturated rings. The first-order chi connectivity index (χ1) is 9.61. The summed E-state index contributed by atoms with van der Waals surface area (Å²) in [4.78, 5) is 14.2. The second-order valence-electron chi connectivity index (χ2n) is 5.40. The van der Waals surface area contributed by atoms with E-state index >= 15 is 0 Å². The van der Waals surface area contributed by atoms with Crippen LogP contribution in [-0.2, 0) is 16.0 Å². The van der Waals surface area contributed by atoms with Gasteiger partial charge in [0.2, 0.25) is 5.91 Å². The third kappa shape index (κ3) is 3.51. The van der Waals surface area contributed by atoms with Gasteiger partial charge in [0.05, 0.1) is 26.7 Å². The van der Waals surface area contributed by atoms with Crippen molar-refractivity contribution in [3.8, 4) is 5.75 Å². The number of carbonyl (C=O) groups excluding carboxylic acids is 1. The lowest BCUT2D eigenvalue weighted by atomic mass is 9.98. The predicted molar refractivity (Wildman–Crippen MR) is 78.2 cm³/mol. The van der Waals surface area contributed by atoms with Crippen LogP contribution in [0.1, 0.15) is 30.9 Å². The first kappa shape index (κ1) is 14.9. The van der Waals surface area contributed by atoms with E-state index in [9.17, 15) is 4.79 Å². The molecule has 1 aromatic carbocycles. The predicted octanol–water partition coefficient (Wildman–Crippen LogP) is 2.22. The van der Waals surface area contributed by atoms with Gasteiger partial charge in [0.1, 0.15) is 5.75 Å². The van der Waals surface area contributed by atoms with Crippen molar-refractivity contribution in [3.05, 3.63) is 29.3 Å². The number of ether oxygens (including phenoxy) is 2. The second kappa shape index (κ2) is 6.75. The van der Waals surface area contributed by atoms with E-state index in [-0.39, 0.29) is 5.91 Å². The molecule has 0 bridgehead atoms. The maximum atomic E-state index is 12.3. The van der Waals surface area contributed by atoms with Gasteiger partial charge in [0, 0.05) is 18.7 Å². The molecule has 0 radical (unpaired) electrons. The fourth-order valence-corrected chi connectivity index (χ4v) is 2.38. The van der Waals surface area contributed by atoms with E-state index in [1.54, 1.807) is 7.11 Å². The van der Waals surface area contributed by atoms with Gasteiger partial charge in [-0.25, -0.2) is 0 Å². The molecule has 1 heterocycles. The molecule has 1 aliphatic heterocycles. The molecule has 0 aliphatic carbocycles. The summed E-state index contributed by atoms with van der Waals surface area (Å²) in [6.45, 7) is 6.94. The number of hydrogen-bond donors (Lipinski definition) is 0. The van der Waals surface area contributed by atoms with Crippen LogP contribution in [0.3, 0.4) is 0 Å². The minimum atomic E-state index is 0.146. The molecule has 20 heavy (non-hydrogen) atoms. The molecule has 4 heteroatoms. The van der Waals surface area contributed by atoms with Crippen molar-refractivity contribution in [2.24, 2.45) is 0 Å². The molecule has 0 spiro atoms. The minimum Gasteiger partial charge on any atom is -0.496 e. The minimum absolute atomic E-state index is 0.146. The molecule has 0 atom stereocenters. The van der Waals surface area contributed by atoms with E-state index in [4.69, 9.17) is 9.47 Å². The summed E-state index contributed by atoms with van der Waals surface area (Å²) < 4.78 is 10.6. The number of hydrogen-bond acceptors (Lipinski definition) is 3. The summed E-state index contributed by atoms with van der Waals surface area (Å²) >= 11 is 0. The first-order valence-corrected chi connectivity index (χ1v) is 7.14. The lowest BCUT2D eigenvalue weighted by molar-refractivity contribution is -0.134. The summed E-state index contributed by atoms with van der Waals surface area (Å²) in [5, 5.41) is 0. The Balaban J connectivity index is 2.13. The highest BCUT2D eigenvalue weighted by Gasteiger charge is 2.19. The van der Waals surface area contributed by atoms with Crippen LogP contribution in [0.2, 0.25) is 0 Å². The third-order valence-electron chi connectivity index (χ3n) is 3.68. The van der Waals surface area contributed by atoms with Crippen LogP contribution in [0.5, 0.6) is 5.75 Å². The van der Waals surface area contributed by atoms with Crippen LogP contribution in [0.25, 0.3) is 0 Å². The number of methoxy groups -OCH3 is 1. The zero-order chi connectivity index (χ0) is 14.5. The Morgan fingerprint density at radius 3 is 2.65 bits per heavy atom. The molecule has 0 aromatic heterocycles. The smallest absolute Gasteiger partial charge is 0.227 e. The molecular formula is C16H23NO3. The van der Waals surface area contributed by atoms with Gasteiger partial charge in [0.25, 0.3) is 0 Å². The van der Waals surface area contributed by atoms with Crippen molar-refractivity contribution in [2.75, 3.05) is 33.4 Å². The van der Waals surface area contributed by atoms with Crippen molar-refractivity contribution < 1.29 is 14.3 Å². The standard InChI is InChI=1S/C16H23NO3/c1-12(2)13-4-5-15(19-3)14(10-13)11-16(18)17-6-8-20-9-7-17/h4-5,10,12H,6-9,11H2,1-3H3. The molecule has 1 amide bonds. The monoisotopic (exact) mass is 277 g/mol. The third-order valence-corrected chi connectivity index (χ3v) is 3.68. The number of amides is 1. The zero-order valence-corrected chi connectivity index (χ0v) is 12.5. The highest BCUT2D eigenvalue weighted by molar-refractivity contribution is 5.79. The van der Waals surface area contributed by atoms with Gasteiger partial charge in [-0.1, -0.05) is 26.0 Å². The Kier molecular flexibility index (Phi) is 5.01. The van der Waals surface area contributed by atoms with Gasteiger partial charge < -0.3 is 14.4 Å². The van der Waals surface area contributed by atoms with Gasteiger partial charge in [-0.15, -0.1) is 0 Å². The van der Waals surface area contributed by atoms with E-state index in [0.29, 0.717) is 38.6 Å². The van der Waals surface area contributed by atoms with Gasteiger partial charge >= 0.3 is 0 Å². The molecule has 2 rings (SSSR count). The summed E-state index contributed by atoms with van der Waals surface area (Å²) in [5.74, 6) is 1.38. The number of morpholine rings is 1. The quantitative estimate of drug-likeness (QED) is 0.847. The average molecular weight is 277 g/mol. The highest BCUT2D eigenvalue weighted by Crippen LogP contribution is 2.25. The number of rotatable bonds is 4. The Morgan fingerprint density at radius 1 is 1.35 bits per heavy atom. The van der Waals surface area contributed by atoms with Crippen molar-refractivity contribution in [2.45, 2.75) is 26.2 Å². The zero-order valence-electron chi connectivity index (χ0n) is 12.5. The van der Waals surface area contributed by atoms with Crippen LogP contribution in [0.15, 0.2) is 18.2 Å². The van der Waals surface area contributed by atoms with E-state index in [1.807, 2.05) is 11.0 Å². The second-order valence-corrected chi connectivity index (χ2v) is 5.40. The van der Waals surface area contributed by atoms with Crippen molar-refractivity contribution in [3.63, 3.8) is 0 Å². The highest BCUT2D eigenvalue weighted by atomic mass is 16.5. The van der Waals surface area contributed by atoms with Gasteiger partial charge in [-0.2, -0.15) is 0 Å². The summed E-state index contributed by atoms with van der Waals surface area (Å²) in [5.41, 5.74) is 2.20. The van der Waals surface area contributed by atoms with Gasteiger partial charge in [0.15, 0.2) is 0 Å². The molecular weight excluding hydrogens is 254 g/mol. The fraction of sp³-hybridized carbons (Fsp3) is 0.562. The van der Waals surface area contributed by atoms with E-state index in [0.717, 1.165) is 11.3 Å². The van der Waals surface area contributed by atoms with Crippen molar-refractivity contribution in [1.82, 2.24) is 4.90 Å². The lowest BCUT2D eigenvalue weighted by Gasteiger charge is -2.27. The molecule has 0 unspecified atom stereocenters. The summed E-state index contributed by atoms with van der Waals surface area (Å²) in [7, 11) is 1.65. The molecule has 0 N–H and O–H groups in total. The first-order valence-electron chi connectivity index (χ1n) is 7.14. The molecule has 1 saturated heterocycles. The maximum absolute atomic E-state index is 12.3. The normalized spacial score (nSPS) is 15.5. The summed E-state index contributed by atoms with van der Waals surface area (Å²) in [6.07, 6.45) is 0.393. The fourth-order valence-electron chi connectivity index (χ4n) is 2.38. The van der Waals surface area contributed by atoms with Crippen LogP contribution < -0.4 is 4.74 Å². The van der Waals surface area contributed by atoms with Crippen LogP contribution in [-0.4, -0.2) is 44.2 Å². The van der Waals surface area contributed by atoms with Gasteiger partial charge in [-0.3, -0.25) is 4.79 Å². The summed E-state index contributed by atoms with van der Waals surface area (Å²) in [6, 6.07) is 6.10. The van der Waals surface area contributed by atoms with E-state index in [2.05, 4.69) is 26.0 Å². The largest absolute Gasteiger partial charge is 0.496 e. The number of nitrogens with zero attached hydrogens (tertiary/aromatic N) is 1. The molecule has 0 saturated carbocycles. The van der Waals surface area contributed by atoms with E-state index in [1.165, 1.54) is 5.56 Å². The van der Waals surface area contributed by atoms with Crippen LogP contribution in [0, 0.1) is 0 Å². The Hall–Kier alpha value is -1.55. The maximum Gasteiger partial charge on any atom is 0.227 e. The number of carbonyl (C=O) groups is 1. The Labute approximate surface area is 120 Å². The SMILES string of the molecule is COc1ccc(C(C)C)cc1CC(=O)N1CCOCC1. The Morgan fingerprint density at radius 2 is 2.05 bits per heavy atom. The lowest BCUT2D eigenvalue weighted by Crippen LogP contribution is -2.41. The van der Waals surface area contributed by atoms with Crippen molar-refractivity contribution >= 4 is 5.91 Å². The molecule has 110 valence electrons.